The Balaban J connectivity index is 2.19. The molecule has 0 aliphatic carbocycles. The third-order valence-corrected chi connectivity index (χ3v) is 2.75. The number of nitrogens with zero attached hydrogens (tertiary/aromatic N) is 1. The van der Waals surface area contributed by atoms with Gasteiger partial charge in [-0.15, -0.1) is 0 Å². The smallest absolute Gasteiger partial charge is 0.170 e. The lowest BCUT2D eigenvalue weighted by molar-refractivity contribution is -0.0621. The Morgan fingerprint density at radius 2 is 1.53 bits per heavy atom. The van der Waals surface area contributed by atoms with E-state index in [1.165, 1.54) is 38.8 Å². The summed E-state index contributed by atoms with van der Waals surface area (Å²) in [5, 5.41) is 0. The first-order chi connectivity index (χ1) is 7.36. The third-order valence-electron chi connectivity index (χ3n) is 2.75. The van der Waals surface area contributed by atoms with Crippen LogP contribution in [0.3, 0.4) is 0 Å². The standard InChI is InChI=1S/C12H25NO2/c1-3-5-7-13(8-6-4-2)11-12-14-9-10-15-12/h12H,3-11H2,1-2H3. The van der Waals surface area contributed by atoms with Gasteiger partial charge in [-0.1, -0.05) is 26.7 Å². The van der Waals surface area contributed by atoms with Crippen molar-refractivity contribution in [2.45, 2.75) is 45.8 Å². The van der Waals surface area contributed by atoms with Crippen LogP contribution in [0.5, 0.6) is 0 Å². The second kappa shape index (κ2) is 8.08. The number of unbranched alkanes of at least 4 members (excludes halogenated alkanes) is 2. The normalized spacial score (nSPS) is 17.8. The third kappa shape index (κ3) is 5.50. The summed E-state index contributed by atoms with van der Waals surface area (Å²) in [4.78, 5) is 2.48. The van der Waals surface area contributed by atoms with Crippen LogP contribution in [0, 0.1) is 0 Å². The molecule has 15 heavy (non-hydrogen) atoms. The van der Waals surface area contributed by atoms with Crippen LogP contribution in [0.4, 0.5) is 0 Å². The molecule has 1 aliphatic rings. The first kappa shape index (κ1) is 12.9. The van der Waals surface area contributed by atoms with E-state index < -0.39 is 0 Å². The van der Waals surface area contributed by atoms with Gasteiger partial charge in [0.05, 0.1) is 13.2 Å². The fraction of sp³-hybridized carbons (Fsp3) is 1.00. The van der Waals surface area contributed by atoms with Gasteiger partial charge in [-0.2, -0.15) is 0 Å². The minimum Gasteiger partial charge on any atom is -0.349 e. The van der Waals surface area contributed by atoms with E-state index in [0.717, 1.165) is 19.8 Å². The fourth-order valence-electron chi connectivity index (χ4n) is 1.78. The zero-order valence-electron chi connectivity index (χ0n) is 10.2. The van der Waals surface area contributed by atoms with E-state index in [4.69, 9.17) is 9.47 Å². The predicted octanol–water partition coefficient (Wildman–Crippen LogP) is 2.26. The molecule has 0 radical (unpaired) electrons. The summed E-state index contributed by atoms with van der Waals surface area (Å²) >= 11 is 0. The molecule has 0 amide bonds. The van der Waals surface area contributed by atoms with Crippen molar-refractivity contribution in [1.29, 1.82) is 0 Å². The first-order valence-corrected chi connectivity index (χ1v) is 6.32. The van der Waals surface area contributed by atoms with Gasteiger partial charge in [0.2, 0.25) is 0 Å². The van der Waals surface area contributed by atoms with Gasteiger partial charge in [0.25, 0.3) is 0 Å². The van der Waals surface area contributed by atoms with Crippen LogP contribution in [-0.4, -0.2) is 44.0 Å². The van der Waals surface area contributed by atoms with Gasteiger partial charge in [0.1, 0.15) is 0 Å². The molecule has 1 saturated heterocycles. The van der Waals surface area contributed by atoms with Crippen molar-refractivity contribution in [2.24, 2.45) is 0 Å². The molecular formula is C12H25NO2. The molecule has 1 rings (SSSR count). The Kier molecular flexibility index (Phi) is 6.98. The highest BCUT2D eigenvalue weighted by Gasteiger charge is 2.18. The number of ether oxygens (including phenoxy) is 2. The highest BCUT2D eigenvalue weighted by atomic mass is 16.7. The lowest BCUT2D eigenvalue weighted by Gasteiger charge is -2.24. The second-order valence-electron chi connectivity index (χ2n) is 4.18. The van der Waals surface area contributed by atoms with Crippen LogP contribution in [0.15, 0.2) is 0 Å². The van der Waals surface area contributed by atoms with Crippen molar-refractivity contribution in [3.8, 4) is 0 Å². The molecule has 1 fully saturated rings. The molecule has 0 atom stereocenters. The number of rotatable bonds is 8. The summed E-state index contributed by atoms with van der Waals surface area (Å²) in [6, 6.07) is 0. The average molecular weight is 215 g/mol. The molecule has 0 aromatic heterocycles. The SMILES string of the molecule is CCCCN(CCCC)CC1OCCO1. The lowest BCUT2D eigenvalue weighted by atomic mass is 10.2. The van der Waals surface area contributed by atoms with Crippen LogP contribution in [-0.2, 0) is 9.47 Å². The zero-order chi connectivity index (χ0) is 10.9. The quantitative estimate of drug-likeness (QED) is 0.620. The number of hydrogen-bond acceptors (Lipinski definition) is 3. The highest BCUT2D eigenvalue weighted by molar-refractivity contribution is 4.62. The van der Waals surface area contributed by atoms with Crippen molar-refractivity contribution in [3.63, 3.8) is 0 Å². The minimum atomic E-state index is 0.0266. The van der Waals surface area contributed by atoms with Crippen molar-refractivity contribution in [1.82, 2.24) is 4.90 Å². The molecule has 0 aromatic carbocycles. The van der Waals surface area contributed by atoms with Gasteiger partial charge in [-0.3, -0.25) is 4.90 Å². The maximum atomic E-state index is 5.48. The summed E-state index contributed by atoms with van der Waals surface area (Å²) < 4.78 is 11.0. The van der Waals surface area contributed by atoms with Gasteiger partial charge in [0.15, 0.2) is 6.29 Å². The van der Waals surface area contributed by atoms with Gasteiger partial charge in [-0.05, 0) is 25.9 Å². The van der Waals surface area contributed by atoms with Gasteiger partial charge >= 0.3 is 0 Å². The summed E-state index contributed by atoms with van der Waals surface area (Å²) in [6.45, 7) is 9.31. The molecule has 0 bridgehead atoms. The van der Waals surface area contributed by atoms with Crippen molar-refractivity contribution < 1.29 is 9.47 Å². The van der Waals surface area contributed by atoms with Gasteiger partial charge in [-0.25, -0.2) is 0 Å². The molecule has 3 heteroatoms. The molecule has 3 nitrogen and oxygen atoms in total. The maximum absolute atomic E-state index is 5.48. The molecule has 0 unspecified atom stereocenters. The van der Waals surface area contributed by atoms with E-state index in [2.05, 4.69) is 18.7 Å². The Morgan fingerprint density at radius 1 is 1.00 bits per heavy atom. The Hall–Kier alpha value is -0.120. The van der Waals surface area contributed by atoms with Gasteiger partial charge < -0.3 is 9.47 Å². The van der Waals surface area contributed by atoms with Crippen LogP contribution in [0.1, 0.15) is 39.5 Å². The molecule has 90 valence electrons. The van der Waals surface area contributed by atoms with Crippen LogP contribution in [0.2, 0.25) is 0 Å². The lowest BCUT2D eigenvalue weighted by Crippen LogP contribution is -2.34. The predicted molar refractivity (Wildman–Crippen MR) is 61.9 cm³/mol. The zero-order valence-corrected chi connectivity index (χ0v) is 10.2. The Bertz CT molecular complexity index is 139. The van der Waals surface area contributed by atoms with E-state index in [-0.39, 0.29) is 6.29 Å². The van der Waals surface area contributed by atoms with E-state index in [0.29, 0.717) is 0 Å². The van der Waals surface area contributed by atoms with E-state index in [1.54, 1.807) is 0 Å². The molecule has 0 aromatic rings. The molecular weight excluding hydrogens is 190 g/mol. The number of hydrogen-bond donors (Lipinski definition) is 0. The summed E-state index contributed by atoms with van der Waals surface area (Å²) in [5.74, 6) is 0. The maximum Gasteiger partial charge on any atom is 0.170 e. The van der Waals surface area contributed by atoms with Crippen LogP contribution in [0.25, 0.3) is 0 Å². The minimum absolute atomic E-state index is 0.0266. The summed E-state index contributed by atoms with van der Waals surface area (Å²) in [6.07, 6.45) is 5.09. The Labute approximate surface area is 93.7 Å². The summed E-state index contributed by atoms with van der Waals surface area (Å²) in [5.41, 5.74) is 0. The fourth-order valence-corrected chi connectivity index (χ4v) is 1.78. The molecule has 1 heterocycles. The van der Waals surface area contributed by atoms with E-state index in [9.17, 15) is 0 Å². The average Bonchev–Trinajstić information content (AvgIpc) is 2.74. The second-order valence-corrected chi connectivity index (χ2v) is 4.18. The topological polar surface area (TPSA) is 21.7 Å². The van der Waals surface area contributed by atoms with Gasteiger partial charge in [0, 0.05) is 6.54 Å². The van der Waals surface area contributed by atoms with Crippen molar-refractivity contribution in [2.75, 3.05) is 32.8 Å². The van der Waals surface area contributed by atoms with E-state index >= 15 is 0 Å². The highest BCUT2D eigenvalue weighted by Crippen LogP contribution is 2.08. The molecule has 0 saturated carbocycles. The molecule has 0 N–H and O–H groups in total. The molecule has 0 spiro atoms. The summed E-state index contributed by atoms with van der Waals surface area (Å²) in [7, 11) is 0. The Morgan fingerprint density at radius 3 is 2.00 bits per heavy atom. The monoisotopic (exact) mass is 215 g/mol. The van der Waals surface area contributed by atoms with Crippen LogP contribution < -0.4 is 0 Å². The molecule has 1 aliphatic heterocycles. The van der Waals surface area contributed by atoms with E-state index in [1.807, 2.05) is 0 Å². The van der Waals surface area contributed by atoms with Crippen molar-refractivity contribution >= 4 is 0 Å². The largest absolute Gasteiger partial charge is 0.349 e. The first-order valence-electron chi connectivity index (χ1n) is 6.32. The van der Waals surface area contributed by atoms with Crippen molar-refractivity contribution in [3.05, 3.63) is 0 Å². The van der Waals surface area contributed by atoms with Crippen LogP contribution >= 0.6 is 0 Å².